The van der Waals surface area contributed by atoms with Crippen molar-refractivity contribution in [1.29, 1.82) is 0 Å². The Morgan fingerprint density at radius 3 is 2.67 bits per heavy atom. The smallest absolute Gasteiger partial charge is 0.168 e. The van der Waals surface area contributed by atoms with Gasteiger partial charge in [-0.3, -0.25) is 0 Å². The first-order chi connectivity index (χ1) is 4.25. The van der Waals surface area contributed by atoms with E-state index in [1.165, 1.54) is 0 Å². The summed E-state index contributed by atoms with van der Waals surface area (Å²) in [7, 11) is 0. The topological polar surface area (TPSA) is 41.8 Å². The summed E-state index contributed by atoms with van der Waals surface area (Å²) < 4.78 is 4.98. The number of rotatable bonds is 2. The second-order valence-electron chi connectivity index (χ2n) is 1.91. The zero-order chi connectivity index (χ0) is 6.85. The standard InChI is InChI=1S/C5H10N2OS/c1-2-7(5(6)9)4-3-8-4/h4H,2-3H2,1H3,(H2,6,9). The molecule has 0 saturated carbocycles. The molecule has 1 atom stereocenters. The molecule has 1 aliphatic rings. The molecule has 1 rings (SSSR count). The summed E-state index contributed by atoms with van der Waals surface area (Å²) in [6, 6.07) is 0. The molecular formula is C5H10N2OS. The van der Waals surface area contributed by atoms with Crippen LogP contribution in [0.4, 0.5) is 0 Å². The number of likely N-dealkylation sites (N-methyl/N-ethyl adjacent to an activating group) is 1. The van der Waals surface area contributed by atoms with Gasteiger partial charge in [-0.25, -0.2) is 0 Å². The molecule has 9 heavy (non-hydrogen) atoms. The summed E-state index contributed by atoms with van der Waals surface area (Å²) in [5, 5.41) is 0.431. The predicted octanol–water partition coefficient (Wildman–Crippen LogP) is -0.0918. The van der Waals surface area contributed by atoms with Gasteiger partial charge < -0.3 is 15.4 Å². The molecule has 2 N–H and O–H groups in total. The number of hydrogen-bond acceptors (Lipinski definition) is 2. The first kappa shape index (κ1) is 6.77. The minimum atomic E-state index is 0.174. The molecule has 1 fully saturated rings. The molecule has 1 unspecified atom stereocenters. The van der Waals surface area contributed by atoms with Crippen LogP contribution in [0.1, 0.15) is 6.92 Å². The molecule has 0 aromatic rings. The molecule has 0 aromatic carbocycles. The van der Waals surface area contributed by atoms with Gasteiger partial charge in [-0.1, -0.05) is 0 Å². The van der Waals surface area contributed by atoms with E-state index in [4.69, 9.17) is 22.7 Å². The minimum absolute atomic E-state index is 0.174. The summed E-state index contributed by atoms with van der Waals surface area (Å²) in [6.45, 7) is 3.60. The third-order valence-corrected chi connectivity index (χ3v) is 1.52. The third-order valence-electron chi connectivity index (χ3n) is 1.29. The third kappa shape index (κ3) is 1.53. The highest BCUT2D eigenvalue weighted by molar-refractivity contribution is 7.80. The lowest BCUT2D eigenvalue weighted by Crippen LogP contribution is -2.37. The molecule has 4 heteroatoms. The van der Waals surface area contributed by atoms with E-state index in [2.05, 4.69) is 0 Å². The molecule has 0 amide bonds. The summed E-state index contributed by atoms with van der Waals surface area (Å²) in [4.78, 5) is 1.86. The van der Waals surface area contributed by atoms with Gasteiger partial charge in [0, 0.05) is 6.54 Å². The van der Waals surface area contributed by atoms with Crippen molar-refractivity contribution in [3.8, 4) is 0 Å². The average Bonchev–Trinajstić information content (AvgIpc) is 2.50. The molecule has 3 nitrogen and oxygen atoms in total. The Hall–Kier alpha value is -0.350. The Morgan fingerprint density at radius 2 is 2.56 bits per heavy atom. The number of ether oxygens (including phenoxy) is 1. The van der Waals surface area contributed by atoms with Crippen LogP contribution >= 0.6 is 12.2 Å². The van der Waals surface area contributed by atoms with Crippen LogP contribution in [0, 0.1) is 0 Å². The Labute approximate surface area is 59.8 Å². The van der Waals surface area contributed by atoms with E-state index < -0.39 is 0 Å². The number of epoxide rings is 1. The maximum Gasteiger partial charge on any atom is 0.168 e. The van der Waals surface area contributed by atoms with Gasteiger partial charge in [0.25, 0.3) is 0 Å². The molecule has 0 spiro atoms. The van der Waals surface area contributed by atoms with Crippen LogP contribution in [-0.4, -0.2) is 29.4 Å². The van der Waals surface area contributed by atoms with E-state index in [0.717, 1.165) is 13.2 Å². The van der Waals surface area contributed by atoms with Crippen LogP contribution < -0.4 is 5.73 Å². The van der Waals surface area contributed by atoms with Crippen LogP contribution in [0.2, 0.25) is 0 Å². The van der Waals surface area contributed by atoms with E-state index in [-0.39, 0.29) is 6.23 Å². The fourth-order valence-corrected chi connectivity index (χ4v) is 0.971. The number of nitrogens with two attached hydrogens (primary N) is 1. The first-order valence-electron chi connectivity index (χ1n) is 2.93. The SMILES string of the molecule is CCN(C(N)=S)C1CO1. The second-order valence-corrected chi connectivity index (χ2v) is 2.33. The normalized spacial score (nSPS) is 23.4. The second kappa shape index (κ2) is 2.49. The molecule has 52 valence electrons. The molecule has 1 saturated heterocycles. The molecule has 0 radical (unpaired) electrons. The lowest BCUT2D eigenvalue weighted by molar-refractivity contribution is 0.271. The van der Waals surface area contributed by atoms with E-state index in [1.54, 1.807) is 0 Å². The minimum Gasteiger partial charge on any atom is -0.376 e. The summed E-state index contributed by atoms with van der Waals surface area (Å²) in [5.74, 6) is 0. The van der Waals surface area contributed by atoms with E-state index in [9.17, 15) is 0 Å². The first-order valence-corrected chi connectivity index (χ1v) is 3.34. The molecule has 0 aromatic heterocycles. The van der Waals surface area contributed by atoms with Crippen LogP contribution in [0.5, 0.6) is 0 Å². The van der Waals surface area contributed by atoms with Crippen molar-refractivity contribution in [3.05, 3.63) is 0 Å². The molecule has 1 heterocycles. The average molecular weight is 146 g/mol. The van der Waals surface area contributed by atoms with Gasteiger partial charge in [-0.05, 0) is 19.1 Å². The Kier molecular flexibility index (Phi) is 1.87. The van der Waals surface area contributed by atoms with Gasteiger partial charge in [-0.15, -0.1) is 0 Å². The van der Waals surface area contributed by atoms with Crippen molar-refractivity contribution < 1.29 is 4.74 Å². The predicted molar refractivity (Wildman–Crippen MR) is 38.9 cm³/mol. The monoisotopic (exact) mass is 146 g/mol. The molecule has 0 bridgehead atoms. The summed E-state index contributed by atoms with van der Waals surface area (Å²) in [6.07, 6.45) is 0.174. The highest BCUT2D eigenvalue weighted by Gasteiger charge is 2.29. The van der Waals surface area contributed by atoms with Crippen molar-refractivity contribution in [1.82, 2.24) is 4.90 Å². The summed E-state index contributed by atoms with van der Waals surface area (Å²) >= 11 is 4.76. The van der Waals surface area contributed by atoms with Crippen LogP contribution in [0.25, 0.3) is 0 Å². The fourth-order valence-electron chi connectivity index (χ4n) is 0.724. The van der Waals surface area contributed by atoms with Crippen molar-refractivity contribution in [3.63, 3.8) is 0 Å². The highest BCUT2D eigenvalue weighted by Crippen LogP contribution is 2.13. The van der Waals surface area contributed by atoms with Gasteiger partial charge in [0.15, 0.2) is 11.3 Å². The maximum absolute atomic E-state index is 5.37. The fraction of sp³-hybridized carbons (Fsp3) is 0.800. The van der Waals surface area contributed by atoms with Crippen LogP contribution in [0.3, 0.4) is 0 Å². The zero-order valence-corrected chi connectivity index (χ0v) is 6.15. The number of nitrogens with zero attached hydrogens (tertiary/aromatic N) is 1. The molecule has 1 aliphatic heterocycles. The van der Waals surface area contributed by atoms with E-state index in [1.807, 2.05) is 11.8 Å². The number of hydrogen-bond donors (Lipinski definition) is 1. The van der Waals surface area contributed by atoms with Gasteiger partial charge in [0.1, 0.15) is 0 Å². The van der Waals surface area contributed by atoms with Crippen LogP contribution in [0.15, 0.2) is 0 Å². The Balaban J connectivity index is 2.37. The van der Waals surface area contributed by atoms with E-state index in [0.29, 0.717) is 5.11 Å². The Morgan fingerprint density at radius 1 is 2.00 bits per heavy atom. The lowest BCUT2D eigenvalue weighted by Gasteiger charge is -2.16. The van der Waals surface area contributed by atoms with Crippen molar-refractivity contribution in [2.45, 2.75) is 13.2 Å². The quantitative estimate of drug-likeness (QED) is 0.436. The Bertz CT molecular complexity index is 124. The summed E-state index contributed by atoms with van der Waals surface area (Å²) in [5.41, 5.74) is 5.37. The van der Waals surface area contributed by atoms with E-state index >= 15 is 0 Å². The highest BCUT2D eigenvalue weighted by atomic mass is 32.1. The van der Waals surface area contributed by atoms with Gasteiger partial charge >= 0.3 is 0 Å². The molecular weight excluding hydrogens is 136 g/mol. The van der Waals surface area contributed by atoms with Gasteiger partial charge in [-0.2, -0.15) is 0 Å². The largest absolute Gasteiger partial charge is 0.376 e. The number of thiocarbonyl (C=S) groups is 1. The maximum atomic E-state index is 5.37. The van der Waals surface area contributed by atoms with Gasteiger partial charge in [0.2, 0.25) is 0 Å². The zero-order valence-electron chi connectivity index (χ0n) is 5.33. The van der Waals surface area contributed by atoms with Gasteiger partial charge in [0.05, 0.1) is 6.61 Å². The van der Waals surface area contributed by atoms with Crippen molar-refractivity contribution in [2.75, 3.05) is 13.2 Å². The van der Waals surface area contributed by atoms with Crippen molar-refractivity contribution >= 4 is 17.3 Å². The van der Waals surface area contributed by atoms with Crippen LogP contribution in [-0.2, 0) is 4.74 Å². The molecule has 0 aliphatic carbocycles. The lowest BCUT2D eigenvalue weighted by atomic mass is 10.5. The van der Waals surface area contributed by atoms with Crippen molar-refractivity contribution in [2.24, 2.45) is 5.73 Å².